The Labute approximate surface area is 114 Å². The highest BCUT2D eigenvalue weighted by Crippen LogP contribution is 2.31. The van der Waals surface area contributed by atoms with E-state index in [1.807, 2.05) is 13.8 Å². The van der Waals surface area contributed by atoms with Crippen molar-refractivity contribution >= 4 is 11.7 Å². The molecule has 0 saturated heterocycles. The lowest BCUT2D eigenvalue weighted by Crippen LogP contribution is -2.07. The molecule has 1 aromatic heterocycles. The van der Waals surface area contributed by atoms with Crippen LogP contribution in [0.5, 0.6) is 11.5 Å². The average Bonchev–Trinajstić information content (AvgIpc) is 2.82. The predicted octanol–water partition coefficient (Wildman–Crippen LogP) is 2.68. The highest BCUT2D eigenvalue weighted by Gasteiger charge is 2.19. The smallest absolute Gasteiger partial charge is 0.341 e. The van der Waals surface area contributed by atoms with Crippen molar-refractivity contribution in [2.45, 2.75) is 19.9 Å². The first-order valence-electron chi connectivity index (χ1n) is 5.93. The number of rotatable bonds is 4. The first-order chi connectivity index (χ1) is 9.40. The summed E-state index contributed by atoms with van der Waals surface area (Å²) < 4.78 is 20.4. The summed E-state index contributed by atoms with van der Waals surface area (Å²) in [5, 5.41) is 13.2. The molecule has 0 aliphatic rings. The van der Waals surface area contributed by atoms with E-state index < -0.39 is 23.0 Å². The maximum absolute atomic E-state index is 13.3. The van der Waals surface area contributed by atoms with Gasteiger partial charge in [-0.25, -0.2) is 9.18 Å². The molecular weight excluding hydrogens is 265 g/mol. The summed E-state index contributed by atoms with van der Waals surface area (Å²) in [6.07, 6.45) is 3.07. The van der Waals surface area contributed by atoms with Gasteiger partial charge in [-0.15, -0.1) is 0 Å². The Hall–Kier alpha value is -2.57. The van der Waals surface area contributed by atoms with Gasteiger partial charge >= 0.3 is 5.97 Å². The van der Waals surface area contributed by atoms with Gasteiger partial charge in [0.25, 0.3) is 0 Å². The van der Waals surface area contributed by atoms with Crippen LogP contribution in [0, 0.1) is 5.82 Å². The van der Waals surface area contributed by atoms with E-state index in [0.717, 1.165) is 6.07 Å². The van der Waals surface area contributed by atoms with Crippen molar-refractivity contribution in [1.82, 2.24) is 9.78 Å². The molecule has 0 atom stereocenters. The number of ether oxygens (including phenoxy) is 1. The van der Waals surface area contributed by atoms with E-state index in [9.17, 15) is 9.18 Å². The molecule has 0 saturated carbocycles. The van der Waals surface area contributed by atoms with Gasteiger partial charge in [0.15, 0.2) is 5.75 Å². The van der Waals surface area contributed by atoms with E-state index in [1.54, 1.807) is 10.9 Å². The molecule has 0 unspecified atom stereocenters. The zero-order valence-electron chi connectivity index (χ0n) is 11.0. The molecule has 1 heterocycles. The summed E-state index contributed by atoms with van der Waals surface area (Å²) in [6, 6.07) is 2.43. The molecule has 0 fully saturated rings. The highest BCUT2D eigenvalue weighted by atomic mass is 19.1. The number of hydrogen-bond donors (Lipinski definition) is 2. The normalized spacial score (nSPS) is 10.8. The standard InChI is InChI=1S/C13H14FN3O3/c1-7(2)17-6-8(5-16-17)20-10-4-3-9(14)12(15)11(10)13(18)19/h3-7H,15H2,1-2H3,(H,18,19). The van der Waals surface area contributed by atoms with Gasteiger partial charge in [0.2, 0.25) is 0 Å². The summed E-state index contributed by atoms with van der Waals surface area (Å²) in [6.45, 7) is 3.88. The third-order valence-corrected chi connectivity index (χ3v) is 2.70. The first-order valence-corrected chi connectivity index (χ1v) is 5.93. The molecule has 0 aliphatic heterocycles. The molecule has 3 N–H and O–H groups in total. The summed E-state index contributed by atoms with van der Waals surface area (Å²) in [4.78, 5) is 11.2. The number of carboxylic acids is 1. The van der Waals surface area contributed by atoms with Crippen LogP contribution in [0.15, 0.2) is 24.5 Å². The van der Waals surface area contributed by atoms with Crippen LogP contribution in [0.2, 0.25) is 0 Å². The van der Waals surface area contributed by atoms with Gasteiger partial charge in [-0.3, -0.25) is 4.68 Å². The van der Waals surface area contributed by atoms with Crippen molar-refractivity contribution in [2.75, 3.05) is 5.73 Å². The van der Waals surface area contributed by atoms with Gasteiger partial charge in [-0.1, -0.05) is 0 Å². The van der Waals surface area contributed by atoms with E-state index >= 15 is 0 Å². The summed E-state index contributed by atoms with van der Waals surface area (Å²) in [7, 11) is 0. The van der Waals surface area contributed by atoms with E-state index in [0.29, 0.717) is 5.75 Å². The third-order valence-electron chi connectivity index (χ3n) is 2.70. The van der Waals surface area contributed by atoms with Crippen molar-refractivity contribution in [3.8, 4) is 11.5 Å². The number of nitrogens with zero attached hydrogens (tertiary/aromatic N) is 2. The van der Waals surface area contributed by atoms with Crippen LogP contribution in [-0.4, -0.2) is 20.9 Å². The number of aromatic carboxylic acids is 1. The summed E-state index contributed by atoms with van der Waals surface area (Å²) in [5.74, 6) is -1.83. The van der Waals surface area contributed by atoms with Gasteiger partial charge in [0, 0.05) is 6.04 Å². The molecule has 7 heteroatoms. The van der Waals surface area contributed by atoms with Gasteiger partial charge in [0.05, 0.1) is 18.1 Å². The predicted molar refractivity (Wildman–Crippen MR) is 70.5 cm³/mol. The second-order valence-electron chi connectivity index (χ2n) is 4.49. The van der Waals surface area contributed by atoms with Crippen molar-refractivity contribution in [3.05, 3.63) is 35.9 Å². The van der Waals surface area contributed by atoms with Crippen molar-refractivity contribution in [3.63, 3.8) is 0 Å². The molecule has 0 radical (unpaired) electrons. The minimum absolute atomic E-state index is 0.0280. The van der Waals surface area contributed by atoms with Crippen LogP contribution in [0.25, 0.3) is 0 Å². The Bertz CT molecular complexity index is 652. The van der Waals surface area contributed by atoms with Crippen LogP contribution in [0.1, 0.15) is 30.2 Å². The number of aromatic nitrogens is 2. The molecule has 0 aliphatic carbocycles. The maximum atomic E-state index is 13.3. The number of hydrogen-bond acceptors (Lipinski definition) is 4. The lowest BCUT2D eigenvalue weighted by atomic mass is 10.1. The van der Waals surface area contributed by atoms with Gasteiger partial charge in [-0.05, 0) is 26.0 Å². The highest BCUT2D eigenvalue weighted by molar-refractivity contribution is 5.97. The molecule has 0 amide bonds. The van der Waals surface area contributed by atoms with Crippen molar-refractivity contribution in [1.29, 1.82) is 0 Å². The van der Waals surface area contributed by atoms with E-state index in [2.05, 4.69) is 5.10 Å². The number of benzene rings is 1. The number of nitrogens with two attached hydrogens (primary N) is 1. The van der Waals surface area contributed by atoms with Crippen LogP contribution in [-0.2, 0) is 0 Å². The lowest BCUT2D eigenvalue weighted by Gasteiger charge is -2.09. The van der Waals surface area contributed by atoms with Gasteiger partial charge < -0.3 is 15.6 Å². The SMILES string of the molecule is CC(C)n1cc(Oc2ccc(F)c(N)c2C(=O)O)cn1. The zero-order valence-corrected chi connectivity index (χ0v) is 11.0. The number of anilines is 1. The quantitative estimate of drug-likeness (QED) is 0.840. The number of carboxylic acid groups (broad SMARTS) is 1. The van der Waals surface area contributed by atoms with Crippen LogP contribution >= 0.6 is 0 Å². The van der Waals surface area contributed by atoms with E-state index in [1.165, 1.54) is 12.3 Å². The summed E-state index contributed by atoms with van der Waals surface area (Å²) >= 11 is 0. The average molecular weight is 279 g/mol. The Morgan fingerprint density at radius 3 is 2.75 bits per heavy atom. The minimum atomic E-state index is -1.35. The molecule has 106 valence electrons. The number of nitrogen functional groups attached to an aromatic ring is 1. The zero-order chi connectivity index (χ0) is 14.9. The topological polar surface area (TPSA) is 90.4 Å². The Kier molecular flexibility index (Phi) is 3.60. The second kappa shape index (κ2) is 5.20. The lowest BCUT2D eigenvalue weighted by molar-refractivity contribution is 0.0695. The van der Waals surface area contributed by atoms with Crippen molar-refractivity contribution < 1.29 is 19.0 Å². The molecular formula is C13H14FN3O3. The molecule has 2 rings (SSSR count). The van der Waals surface area contributed by atoms with Gasteiger partial charge in [0.1, 0.15) is 17.1 Å². The number of halogens is 1. The van der Waals surface area contributed by atoms with E-state index in [4.69, 9.17) is 15.6 Å². The van der Waals surface area contributed by atoms with Gasteiger partial charge in [-0.2, -0.15) is 5.10 Å². The van der Waals surface area contributed by atoms with E-state index in [-0.39, 0.29) is 11.8 Å². The molecule has 0 spiro atoms. The largest absolute Gasteiger partial charge is 0.477 e. The molecule has 20 heavy (non-hydrogen) atoms. The van der Waals surface area contributed by atoms with Crippen molar-refractivity contribution in [2.24, 2.45) is 0 Å². The second-order valence-corrected chi connectivity index (χ2v) is 4.49. The number of carbonyl (C=O) groups is 1. The fourth-order valence-corrected chi connectivity index (χ4v) is 1.66. The maximum Gasteiger partial charge on any atom is 0.341 e. The molecule has 2 aromatic rings. The molecule has 0 bridgehead atoms. The molecule has 6 nitrogen and oxygen atoms in total. The Balaban J connectivity index is 2.38. The fourth-order valence-electron chi connectivity index (χ4n) is 1.66. The van der Waals surface area contributed by atoms with Crippen LogP contribution in [0.4, 0.5) is 10.1 Å². The minimum Gasteiger partial charge on any atom is -0.477 e. The summed E-state index contributed by atoms with van der Waals surface area (Å²) in [5.41, 5.74) is 4.58. The fraction of sp³-hybridized carbons (Fsp3) is 0.231. The molecule has 1 aromatic carbocycles. The first kappa shape index (κ1) is 13.9. The van der Waals surface area contributed by atoms with Crippen LogP contribution < -0.4 is 10.5 Å². The van der Waals surface area contributed by atoms with Crippen LogP contribution in [0.3, 0.4) is 0 Å². The monoisotopic (exact) mass is 279 g/mol. The Morgan fingerprint density at radius 1 is 1.50 bits per heavy atom. The Morgan fingerprint density at radius 2 is 2.20 bits per heavy atom. The third kappa shape index (κ3) is 2.56.